The van der Waals surface area contributed by atoms with E-state index in [-0.39, 0.29) is 34.6 Å². The molecule has 4 unspecified atom stereocenters. The van der Waals surface area contributed by atoms with Crippen molar-refractivity contribution in [1.82, 2.24) is 4.72 Å². The molecule has 0 radical (unpaired) electrons. The molecular weight excluding hydrogens is 325 g/mol. The van der Waals surface area contributed by atoms with Crippen molar-refractivity contribution < 1.29 is 27.0 Å². The molecule has 0 bridgehead atoms. The van der Waals surface area contributed by atoms with Gasteiger partial charge < -0.3 is 14.2 Å². The van der Waals surface area contributed by atoms with E-state index in [2.05, 4.69) is 4.72 Å². The van der Waals surface area contributed by atoms with Gasteiger partial charge in [-0.25, -0.2) is 17.5 Å². The summed E-state index contributed by atoms with van der Waals surface area (Å²) in [5.74, 6) is -0.577. The minimum Gasteiger partial charge on any atom is -0.494 e. The molecule has 4 atom stereocenters. The molecule has 1 saturated heterocycles. The van der Waals surface area contributed by atoms with E-state index in [0.717, 1.165) is 12.5 Å². The second-order valence-corrected chi connectivity index (χ2v) is 7.56. The van der Waals surface area contributed by atoms with Crippen molar-refractivity contribution >= 4 is 10.0 Å². The van der Waals surface area contributed by atoms with Crippen LogP contribution in [0.3, 0.4) is 0 Å². The quantitative estimate of drug-likeness (QED) is 0.838. The third kappa shape index (κ3) is 2.96. The monoisotopic (exact) mass is 345 g/mol. The van der Waals surface area contributed by atoms with E-state index in [1.54, 1.807) is 7.11 Å². The highest BCUT2D eigenvalue weighted by Gasteiger charge is 2.54. The zero-order chi connectivity index (χ0) is 16.6. The molecule has 1 aromatic rings. The number of fused-ring (bicyclic) bond motifs is 1. The zero-order valence-electron chi connectivity index (χ0n) is 13.0. The number of benzene rings is 1. The zero-order valence-corrected chi connectivity index (χ0v) is 13.8. The average Bonchev–Trinajstić information content (AvgIpc) is 2.95. The minimum atomic E-state index is -3.81. The molecule has 1 aliphatic heterocycles. The van der Waals surface area contributed by atoms with E-state index in [0.29, 0.717) is 13.2 Å². The van der Waals surface area contributed by atoms with E-state index in [9.17, 15) is 12.8 Å². The third-order valence-corrected chi connectivity index (χ3v) is 6.07. The first kappa shape index (κ1) is 16.6. The Morgan fingerprint density at radius 3 is 2.83 bits per heavy atom. The van der Waals surface area contributed by atoms with Gasteiger partial charge in [-0.3, -0.25) is 0 Å². The predicted octanol–water partition coefficient (Wildman–Crippen LogP) is 1.16. The number of halogens is 1. The lowest BCUT2D eigenvalue weighted by molar-refractivity contribution is -0.0775. The molecule has 1 N–H and O–H groups in total. The van der Waals surface area contributed by atoms with Gasteiger partial charge in [0.15, 0.2) is 11.6 Å². The van der Waals surface area contributed by atoms with E-state index in [1.165, 1.54) is 19.2 Å². The Balaban J connectivity index is 1.79. The van der Waals surface area contributed by atoms with Crippen LogP contribution in [0.2, 0.25) is 0 Å². The van der Waals surface area contributed by atoms with Crippen LogP contribution in [-0.4, -0.2) is 48.0 Å². The lowest BCUT2D eigenvalue weighted by Crippen LogP contribution is -2.62. The van der Waals surface area contributed by atoms with Crippen molar-refractivity contribution in [3.05, 3.63) is 24.0 Å². The topological polar surface area (TPSA) is 73.9 Å². The molecule has 2 fully saturated rings. The minimum absolute atomic E-state index is 0.00844. The van der Waals surface area contributed by atoms with Crippen LogP contribution in [0.4, 0.5) is 4.39 Å². The molecule has 1 heterocycles. The van der Waals surface area contributed by atoms with Crippen molar-refractivity contribution in [1.29, 1.82) is 0 Å². The Hall–Kier alpha value is -1.22. The van der Waals surface area contributed by atoms with Crippen LogP contribution in [0, 0.1) is 17.7 Å². The standard InChI is InChI=1S/C15H20FNO5S/c1-20-8-11-14(10-5-6-22-15(10)11)17-23(18,19)9-3-4-13(21-2)12(16)7-9/h3-4,7,10-11,14-15,17H,5-6,8H2,1-2H3. The van der Waals surface area contributed by atoms with Crippen molar-refractivity contribution in [2.24, 2.45) is 11.8 Å². The van der Waals surface area contributed by atoms with E-state index >= 15 is 0 Å². The van der Waals surface area contributed by atoms with E-state index in [1.807, 2.05) is 0 Å². The maximum atomic E-state index is 13.8. The molecule has 1 aliphatic carbocycles. The van der Waals surface area contributed by atoms with Crippen LogP contribution >= 0.6 is 0 Å². The second kappa shape index (κ2) is 6.35. The summed E-state index contributed by atoms with van der Waals surface area (Å²) in [6, 6.07) is 3.35. The number of sulfonamides is 1. The normalized spacial score (nSPS) is 29.9. The van der Waals surface area contributed by atoms with E-state index in [4.69, 9.17) is 14.2 Å². The third-order valence-electron chi connectivity index (χ3n) is 4.61. The fourth-order valence-electron chi connectivity index (χ4n) is 3.46. The largest absolute Gasteiger partial charge is 0.494 e. The second-order valence-electron chi connectivity index (χ2n) is 5.85. The number of rotatable bonds is 6. The van der Waals surface area contributed by atoms with Gasteiger partial charge in [-0.05, 0) is 24.6 Å². The van der Waals surface area contributed by atoms with Crippen LogP contribution in [0.5, 0.6) is 5.75 Å². The molecular formula is C15H20FNO5S. The maximum absolute atomic E-state index is 13.8. The van der Waals surface area contributed by atoms with Crippen LogP contribution in [0.1, 0.15) is 6.42 Å². The Morgan fingerprint density at radius 1 is 1.39 bits per heavy atom. The Labute approximate surface area is 135 Å². The van der Waals surface area contributed by atoms with Gasteiger partial charge in [-0.1, -0.05) is 0 Å². The number of methoxy groups -OCH3 is 2. The van der Waals surface area contributed by atoms with Crippen LogP contribution in [0.15, 0.2) is 23.1 Å². The molecule has 0 spiro atoms. The average molecular weight is 345 g/mol. The molecule has 128 valence electrons. The SMILES string of the molecule is COCC1C(NS(=O)(=O)c2ccc(OC)c(F)c2)C2CCOC21. The molecule has 2 aliphatic rings. The first-order chi connectivity index (χ1) is 11.0. The molecule has 0 amide bonds. The van der Waals surface area contributed by atoms with Crippen molar-refractivity contribution in [3.8, 4) is 5.75 Å². The Morgan fingerprint density at radius 2 is 2.17 bits per heavy atom. The summed E-state index contributed by atoms with van der Waals surface area (Å²) in [4.78, 5) is -0.116. The van der Waals surface area contributed by atoms with Crippen molar-refractivity contribution in [2.45, 2.75) is 23.5 Å². The lowest BCUT2D eigenvalue weighted by atomic mass is 9.68. The molecule has 6 nitrogen and oxygen atoms in total. The Bertz CT molecular complexity index is 680. The van der Waals surface area contributed by atoms with Crippen LogP contribution in [0.25, 0.3) is 0 Å². The van der Waals surface area contributed by atoms with Gasteiger partial charge in [0.1, 0.15) is 0 Å². The highest BCUT2D eigenvalue weighted by molar-refractivity contribution is 7.89. The molecule has 3 rings (SSSR count). The van der Waals surface area contributed by atoms with Gasteiger partial charge in [-0.15, -0.1) is 0 Å². The van der Waals surface area contributed by atoms with Gasteiger partial charge in [0, 0.05) is 31.6 Å². The predicted molar refractivity (Wildman–Crippen MR) is 80.3 cm³/mol. The van der Waals surface area contributed by atoms with Gasteiger partial charge in [0.2, 0.25) is 10.0 Å². The molecule has 0 aromatic heterocycles. The molecule has 1 saturated carbocycles. The number of hydrogen-bond acceptors (Lipinski definition) is 5. The molecule has 1 aromatic carbocycles. The summed E-state index contributed by atoms with van der Waals surface area (Å²) < 4.78 is 57.1. The number of ether oxygens (including phenoxy) is 3. The van der Waals surface area contributed by atoms with Gasteiger partial charge >= 0.3 is 0 Å². The fraction of sp³-hybridized carbons (Fsp3) is 0.600. The van der Waals surface area contributed by atoms with Crippen LogP contribution < -0.4 is 9.46 Å². The summed E-state index contributed by atoms with van der Waals surface area (Å²) >= 11 is 0. The summed E-state index contributed by atoms with van der Waals surface area (Å²) in [6.45, 7) is 1.05. The van der Waals surface area contributed by atoms with Crippen molar-refractivity contribution in [3.63, 3.8) is 0 Å². The fourth-order valence-corrected chi connectivity index (χ4v) is 4.81. The molecule has 8 heteroatoms. The summed E-state index contributed by atoms with van der Waals surface area (Å²) in [7, 11) is -0.910. The number of hydrogen-bond donors (Lipinski definition) is 1. The van der Waals surface area contributed by atoms with Crippen molar-refractivity contribution in [2.75, 3.05) is 27.4 Å². The first-order valence-corrected chi connectivity index (χ1v) is 8.92. The molecule has 23 heavy (non-hydrogen) atoms. The maximum Gasteiger partial charge on any atom is 0.240 e. The Kier molecular flexibility index (Phi) is 4.59. The lowest BCUT2D eigenvalue weighted by Gasteiger charge is -2.47. The highest BCUT2D eigenvalue weighted by atomic mass is 32.2. The smallest absolute Gasteiger partial charge is 0.240 e. The van der Waals surface area contributed by atoms with Gasteiger partial charge in [-0.2, -0.15) is 0 Å². The highest BCUT2D eigenvalue weighted by Crippen LogP contribution is 2.44. The van der Waals surface area contributed by atoms with Crippen LogP contribution in [-0.2, 0) is 19.5 Å². The summed E-state index contributed by atoms with van der Waals surface area (Å²) in [5, 5.41) is 0. The summed E-state index contributed by atoms with van der Waals surface area (Å²) in [5.41, 5.74) is 0. The summed E-state index contributed by atoms with van der Waals surface area (Å²) in [6.07, 6.45) is 0.852. The van der Waals surface area contributed by atoms with E-state index < -0.39 is 15.8 Å². The number of nitrogens with one attached hydrogen (secondary N) is 1. The van der Waals surface area contributed by atoms with Gasteiger partial charge in [0.05, 0.1) is 24.7 Å². The van der Waals surface area contributed by atoms with Gasteiger partial charge in [0.25, 0.3) is 0 Å². The first-order valence-electron chi connectivity index (χ1n) is 7.44.